The highest BCUT2D eigenvalue weighted by atomic mass is 16.5. The second-order valence-electron chi connectivity index (χ2n) is 2.91. The van der Waals surface area contributed by atoms with Crippen LogP contribution in [0.25, 0.3) is 0 Å². The summed E-state index contributed by atoms with van der Waals surface area (Å²) in [6.45, 7) is 6.62. The molecule has 1 saturated heterocycles. The summed E-state index contributed by atoms with van der Waals surface area (Å²) in [4.78, 5) is 12.8. The van der Waals surface area contributed by atoms with Gasteiger partial charge in [-0.2, -0.15) is 0 Å². The maximum absolute atomic E-state index is 10.6. The lowest BCUT2D eigenvalue weighted by Gasteiger charge is -2.12. The zero-order valence-corrected chi connectivity index (χ0v) is 7.17. The van der Waals surface area contributed by atoms with Crippen LogP contribution in [-0.2, 0) is 9.53 Å². The third kappa shape index (κ3) is 2.50. The molecule has 0 aliphatic carbocycles. The van der Waals surface area contributed by atoms with E-state index < -0.39 is 0 Å². The van der Waals surface area contributed by atoms with Crippen molar-refractivity contribution in [1.29, 1.82) is 0 Å². The summed E-state index contributed by atoms with van der Waals surface area (Å²) < 4.78 is 5.06. The molecule has 0 bridgehead atoms. The lowest BCUT2D eigenvalue weighted by molar-refractivity contribution is -0.145. The van der Waals surface area contributed by atoms with Crippen molar-refractivity contribution in [2.75, 3.05) is 19.6 Å². The standard InChI is InChI=1S/C8H15NO2/c1-3-9-5-4-8(6-9)11-7(2)10/h8H,3-6H2,1-2H3. The van der Waals surface area contributed by atoms with Crippen molar-refractivity contribution in [3.63, 3.8) is 0 Å². The van der Waals surface area contributed by atoms with Gasteiger partial charge in [0, 0.05) is 20.0 Å². The zero-order chi connectivity index (χ0) is 8.27. The van der Waals surface area contributed by atoms with Gasteiger partial charge in [-0.05, 0) is 13.0 Å². The Morgan fingerprint density at radius 2 is 2.45 bits per heavy atom. The normalized spacial score (nSPS) is 25.5. The number of likely N-dealkylation sites (tertiary alicyclic amines) is 1. The van der Waals surface area contributed by atoms with E-state index in [1.807, 2.05) is 0 Å². The molecule has 0 spiro atoms. The highest BCUT2D eigenvalue weighted by Crippen LogP contribution is 2.11. The minimum absolute atomic E-state index is 0.146. The molecule has 0 amide bonds. The number of hydrogen-bond donors (Lipinski definition) is 0. The Hall–Kier alpha value is -0.570. The Bertz CT molecular complexity index is 147. The monoisotopic (exact) mass is 157 g/mol. The molecule has 1 atom stereocenters. The van der Waals surface area contributed by atoms with Crippen molar-refractivity contribution >= 4 is 5.97 Å². The number of likely N-dealkylation sites (N-methyl/N-ethyl adjacent to an activating group) is 1. The summed E-state index contributed by atoms with van der Waals surface area (Å²) in [6, 6.07) is 0. The molecule has 1 aliphatic rings. The number of nitrogens with zero attached hydrogens (tertiary/aromatic N) is 1. The maximum Gasteiger partial charge on any atom is 0.302 e. The molecule has 64 valence electrons. The summed E-state index contributed by atoms with van der Waals surface area (Å²) in [5.74, 6) is -0.159. The summed E-state index contributed by atoms with van der Waals surface area (Å²) in [5, 5.41) is 0. The Morgan fingerprint density at radius 3 is 2.91 bits per heavy atom. The number of carbonyl (C=O) groups excluding carboxylic acids is 1. The smallest absolute Gasteiger partial charge is 0.302 e. The molecule has 11 heavy (non-hydrogen) atoms. The van der Waals surface area contributed by atoms with Gasteiger partial charge in [0.15, 0.2) is 0 Å². The molecule has 0 aromatic carbocycles. The Balaban J connectivity index is 2.24. The number of ether oxygens (including phenoxy) is 1. The predicted molar refractivity (Wildman–Crippen MR) is 42.3 cm³/mol. The fourth-order valence-corrected chi connectivity index (χ4v) is 1.42. The van der Waals surface area contributed by atoms with Crippen molar-refractivity contribution < 1.29 is 9.53 Å². The second-order valence-corrected chi connectivity index (χ2v) is 2.91. The van der Waals surface area contributed by atoms with Gasteiger partial charge in [0.25, 0.3) is 0 Å². The molecule has 1 rings (SSSR count). The van der Waals surface area contributed by atoms with Crippen LogP contribution in [0.4, 0.5) is 0 Å². The average Bonchev–Trinajstić information content (AvgIpc) is 2.34. The molecule has 0 saturated carbocycles. The van der Waals surface area contributed by atoms with Gasteiger partial charge < -0.3 is 4.74 Å². The summed E-state index contributed by atoms with van der Waals surface area (Å²) in [7, 11) is 0. The summed E-state index contributed by atoms with van der Waals surface area (Å²) in [6.07, 6.45) is 1.14. The molecular weight excluding hydrogens is 142 g/mol. The Kier molecular flexibility index (Phi) is 2.88. The molecular formula is C8H15NO2. The molecule has 1 heterocycles. The summed E-state index contributed by atoms with van der Waals surface area (Å²) in [5.41, 5.74) is 0. The largest absolute Gasteiger partial charge is 0.461 e. The van der Waals surface area contributed by atoms with Crippen LogP contribution in [0.3, 0.4) is 0 Å². The number of carbonyl (C=O) groups is 1. The van der Waals surface area contributed by atoms with E-state index in [9.17, 15) is 4.79 Å². The van der Waals surface area contributed by atoms with Crippen molar-refractivity contribution in [3.8, 4) is 0 Å². The molecule has 1 unspecified atom stereocenters. The molecule has 0 radical (unpaired) electrons. The van der Waals surface area contributed by atoms with E-state index in [1.165, 1.54) is 6.92 Å². The zero-order valence-electron chi connectivity index (χ0n) is 7.17. The molecule has 1 fully saturated rings. The van der Waals surface area contributed by atoms with Gasteiger partial charge in [-0.3, -0.25) is 9.69 Å². The average molecular weight is 157 g/mol. The minimum atomic E-state index is -0.159. The first-order valence-corrected chi connectivity index (χ1v) is 4.12. The first-order chi connectivity index (χ1) is 5.22. The SMILES string of the molecule is CCN1CCC(OC(C)=O)C1. The van der Waals surface area contributed by atoms with E-state index in [1.54, 1.807) is 0 Å². The van der Waals surface area contributed by atoms with Crippen molar-refractivity contribution in [2.45, 2.75) is 26.4 Å². The third-order valence-electron chi connectivity index (χ3n) is 2.01. The lowest BCUT2D eigenvalue weighted by atomic mass is 10.3. The van der Waals surface area contributed by atoms with E-state index in [2.05, 4.69) is 11.8 Å². The van der Waals surface area contributed by atoms with E-state index in [0.717, 1.165) is 26.1 Å². The highest BCUT2D eigenvalue weighted by molar-refractivity contribution is 5.66. The number of rotatable bonds is 2. The fourth-order valence-electron chi connectivity index (χ4n) is 1.42. The van der Waals surface area contributed by atoms with Crippen molar-refractivity contribution in [2.24, 2.45) is 0 Å². The van der Waals surface area contributed by atoms with Gasteiger partial charge in [-0.25, -0.2) is 0 Å². The van der Waals surface area contributed by atoms with Crippen LogP contribution in [0.15, 0.2) is 0 Å². The van der Waals surface area contributed by atoms with Gasteiger partial charge in [-0.15, -0.1) is 0 Å². The van der Waals surface area contributed by atoms with Crippen molar-refractivity contribution in [1.82, 2.24) is 4.90 Å². The third-order valence-corrected chi connectivity index (χ3v) is 2.01. The Morgan fingerprint density at radius 1 is 1.73 bits per heavy atom. The van der Waals surface area contributed by atoms with Crippen LogP contribution in [0.1, 0.15) is 20.3 Å². The molecule has 0 aromatic heterocycles. The summed E-state index contributed by atoms with van der Waals surface area (Å²) >= 11 is 0. The number of esters is 1. The van der Waals surface area contributed by atoms with E-state index in [0.29, 0.717) is 0 Å². The molecule has 0 N–H and O–H groups in total. The molecule has 1 aliphatic heterocycles. The van der Waals surface area contributed by atoms with Crippen LogP contribution in [-0.4, -0.2) is 36.6 Å². The topological polar surface area (TPSA) is 29.5 Å². The van der Waals surface area contributed by atoms with Gasteiger partial charge in [0.2, 0.25) is 0 Å². The van der Waals surface area contributed by atoms with Crippen LogP contribution in [0.5, 0.6) is 0 Å². The van der Waals surface area contributed by atoms with Gasteiger partial charge in [0.1, 0.15) is 6.10 Å². The van der Waals surface area contributed by atoms with Crippen molar-refractivity contribution in [3.05, 3.63) is 0 Å². The second kappa shape index (κ2) is 3.72. The van der Waals surface area contributed by atoms with Crippen LogP contribution in [0, 0.1) is 0 Å². The van der Waals surface area contributed by atoms with Gasteiger partial charge in [0.05, 0.1) is 0 Å². The van der Waals surface area contributed by atoms with Crippen LogP contribution in [0.2, 0.25) is 0 Å². The minimum Gasteiger partial charge on any atom is -0.461 e. The lowest BCUT2D eigenvalue weighted by Crippen LogP contribution is -2.23. The first-order valence-electron chi connectivity index (χ1n) is 4.12. The molecule has 3 nitrogen and oxygen atoms in total. The molecule has 3 heteroatoms. The quantitative estimate of drug-likeness (QED) is 0.551. The van der Waals surface area contributed by atoms with Gasteiger partial charge in [-0.1, -0.05) is 6.92 Å². The first kappa shape index (κ1) is 8.53. The number of hydrogen-bond acceptors (Lipinski definition) is 3. The van der Waals surface area contributed by atoms with E-state index in [4.69, 9.17) is 4.74 Å². The Labute approximate surface area is 67.3 Å². The van der Waals surface area contributed by atoms with Crippen LogP contribution >= 0.6 is 0 Å². The van der Waals surface area contributed by atoms with Crippen LogP contribution < -0.4 is 0 Å². The van der Waals surface area contributed by atoms with Gasteiger partial charge >= 0.3 is 5.97 Å². The van der Waals surface area contributed by atoms with E-state index in [-0.39, 0.29) is 12.1 Å². The maximum atomic E-state index is 10.6. The van der Waals surface area contributed by atoms with E-state index >= 15 is 0 Å². The predicted octanol–water partition coefficient (Wildman–Crippen LogP) is 0.644. The highest BCUT2D eigenvalue weighted by Gasteiger charge is 2.22. The molecule has 0 aromatic rings. The fraction of sp³-hybridized carbons (Fsp3) is 0.875.